The van der Waals surface area contributed by atoms with Crippen LogP contribution in [0, 0.1) is 5.41 Å². The van der Waals surface area contributed by atoms with Gasteiger partial charge < -0.3 is 9.30 Å². The van der Waals surface area contributed by atoms with E-state index in [0.29, 0.717) is 12.5 Å². The number of carbonyl (C=O) groups excluding carboxylic acids is 1. The molecule has 0 spiro atoms. The molecule has 5 rings (SSSR count). The maximum absolute atomic E-state index is 13.0. The van der Waals surface area contributed by atoms with Crippen molar-refractivity contribution in [2.45, 2.75) is 51.1 Å². The van der Waals surface area contributed by atoms with Crippen molar-refractivity contribution in [3.63, 3.8) is 0 Å². The van der Waals surface area contributed by atoms with Crippen LogP contribution in [0.5, 0.6) is 0 Å². The first-order valence-corrected chi connectivity index (χ1v) is 9.43. The van der Waals surface area contributed by atoms with Crippen molar-refractivity contribution in [3.8, 4) is 0 Å². The summed E-state index contributed by atoms with van der Waals surface area (Å²) in [6.45, 7) is 4.36. The fourth-order valence-corrected chi connectivity index (χ4v) is 5.96. The van der Waals surface area contributed by atoms with Gasteiger partial charge in [0, 0.05) is 23.1 Å². The van der Waals surface area contributed by atoms with Gasteiger partial charge in [0.05, 0.1) is 17.2 Å². The number of hydrogen-bond acceptors (Lipinski definition) is 3. The molecule has 0 aliphatic carbocycles. The Kier molecular flexibility index (Phi) is 2.68. The van der Waals surface area contributed by atoms with Crippen molar-refractivity contribution in [2.75, 3.05) is 20.1 Å². The molecule has 0 saturated carbocycles. The molecule has 3 atom stereocenters. The summed E-state index contributed by atoms with van der Waals surface area (Å²) in [6, 6.07) is 7.94. The molecule has 0 amide bonds. The van der Waals surface area contributed by atoms with Crippen LogP contribution in [0.2, 0.25) is 0 Å². The summed E-state index contributed by atoms with van der Waals surface area (Å²) >= 11 is 0. The van der Waals surface area contributed by atoms with E-state index in [1.165, 1.54) is 16.6 Å². The number of nitrogens with zero attached hydrogens (tertiary/aromatic N) is 2. The molecule has 1 aromatic carbocycles. The molecule has 0 radical (unpaired) electrons. The molecule has 25 heavy (non-hydrogen) atoms. The third-order valence-electron chi connectivity index (χ3n) is 7.02. The lowest BCUT2D eigenvalue weighted by atomic mass is 9.63. The predicted molar refractivity (Wildman–Crippen MR) is 97.6 cm³/mol. The Morgan fingerprint density at radius 2 is 2.28 bits per heavy atom. The van der Waals surface area contributed by atoms with E-state index in [1.807, 2.05) is 12.1 Å². The van der Waals surface area contributed by atoms with Gasteiger partial charge in [0.1, 0.15) is 6.04 Å². The Morgan fingerprint density at radius 1 is 1.40 bits per heavy atom. The number of rotatable bonds is 2. The number of fused-ring (bicyclic) bond motifs is 3. The number of aromatic nitrogens is 1. The van der Waals surface area contributed by atoms with E-state index < -0.39 is 19.0 Å². The van der Waals surface area contributed by atoms with Crippen LogP contribution in [0.1, 0.15) is 60.1 Å². The van der Waals surface area contributed by atoms with E-state index in [-0.39, 0.29) is 5.41 Å². The Labute approximate surface area is 153 Å². The molecule has 4 nitrogen and oxygen atoms in total. The molecule has 3 aliphatic rings. The highest BCUT2D eigenvalue weighted by Gasteiger charge is 2.54. The highest BCUT2D eigenvalue weighted by atomic mass is 16.5. The Bertz CT molecular complexity index is 951. The second-order valence-electron chi connectivity index (χ2n) is 7.90. The van der Waals surface area contributed by atoms with E-state index in [1.54, 1.807) is 0 Å². The number of piperidine rings is 1. The summed E-state index contributed by atoms with van der Waals surface area (Å²) < 4.78 is 29.3. The average Bonchev–Trinajstić information content (AvgIpc) is 3.00. The zero-order chi connectivity index (χ0) is 19.7. The normalized spacial score (nSPS) is 33.2. The van der Waals surface area contributed by atoms with E-state index >= 15 is 0 Å². The first kappa shape index (κ1) is 12.5. The van der Waals surface area contributed by atoms with Gasteiger partial charge in [0.2, 0.25) is 0 Å². The molecular formula is C21H26N2O2. The molecule has 1 unspecified atom stereocenters. The number of para-hydroxylation sites is 1. The molecular weight excluding hydrogens is 312 g/mol. The Hall–Kier alpha value is -1.81. The molecule has 2 aromatic rings. The number of carbonyl (C=O) groups is 1. The fraction of sp³-hybridized carbons (Fsp3) is 0.571. The van der Waals surface area contributed by atoms with Crippen LogP contribution in [0.25, 0.3) is 10.9 Å². The number of benzene rings is 1. The molecule has 1 fully saturated rings. The van der Waals surface area contributed by atoms with E-state index in [2.05, 4.69) is 28.5 Å². The molecule has 4 heteroatoms. The molecule has 3 aliphatic heterocycles. The van der Waals surface area contributed by atoms with Crippen LogP contribution in [0.3, 0.4) is 0 Å². The SMILES string of the molecule is [2H]C([2H])([2H])OC(=O)C1C[C@]2(CC)CCCN3CCc4c(n1c1ccccc41)[C@@H]32. The Balaban J connectivity index is 1.76. The maximum atomic E-state index is 13.0. The van der Waals surface area contributed by atoms with Gasteiger partial charge in [-0.1, -0.05) is 25.1 Å². The molecule has 1 aromatic heterocycles. The minimum Gasteiger partial charge on any atom is -0.467 e. The first-order chi connectivity index (χ1) is 13.3. The number of hydrogen-bond donors (Lipinski definition) is 0. The lowest BCUT2D eigenvalue weighted by Gasteiger charge is -2.56. The standard InChI is InChI=1S/C21H26N2O2/c1-3-21-10-6-11-22-12-9-15-14-7-4-5-8-16(14)23(18(15)19(21)22)17(13-21)20(24)25-2/h4-5,7-8,17,19H,3,6,9-13H2,1-2H3/t17?,19-,21+/m1/s1/i2D3. The van der Waals surface area contributed by atoms with Crippen LogP contribution < -0.4 is 0 Å². The number of esters is 1. The molecule has 4 heterocycles. The van der Waals surface area contributed by atoms with E-state index in [9.17, 15) is 4.79 Å². The van der Waals surface area contributed by atoms with Crippen LogP contribution in [0.4, 0.5) is 0 Å². The van der Waals surface area contributed by atoms with Crippen LogP contribution >= 0.6 is 0 Å². The van der Waals surface area contributed by atoms with Gasteiger partial charge in [0.15, 0.2) is 0 Å². The quantitative estimate of drug-likeness (QED) is 0.778. The van der Waals surface area contributed by atoms with Crippen LogP contribution in [-0.4, -0.2) is 35.6 Å². The van der Waals surface area contributed by atoms with Gasteiger partial charge in [-0.05, 0) is 55.7 Å². The monoisotopic (exact) mass is 341 g/mol. The van der Waals surface area contributed by atoms with Crippen LogP contribution in [-0.2, 0) is 16.0 Å². The number of ether oxygens (including phenoxy) is 1. The fourth-order valence-electron chi connectivity index (χ4n) is 5.96. The molecule has 132 valence electrons. The second-order valence-corrected chi connectivity index (χ2v) is 7.90. The minimum atomic E-state index is -2.71. The van der Waals surface area contributed by atoms with Gasteiger partial charge in [0.25, 0.3) is 0 Å². The molecule has 0 bridgehead atoms. The van der Waals surface area contributed by atoms with Crippen molar-refractivity contribution < 1.29 is 13.6 Å². The Morgan fingerprint density at radius 3 is 3.12 bits per heavy atom. The van der Waals surface area contributed by atoms with Gasteiger partial charge in [-0.2, -0.15) is 0 Å². The van der Waals surface area contributed by atoms with Gasteiger partial charge in [-0.15, -0.1) is 0 Å². The van der Waals surface area contributed by atoms with Crippen molar-refractivity contribution in [3.05, 3.63) is 35.5 Å². The van der Waals surface area contributed by atoms with Crippen molar-refractivity contribution in [1.29, 1.82) is 0 Å². The van der Waals surface area contributed by atoms with Crippen molar-refractivity contribution >= 4 is 16.9 Å². The summed E-state index contributed by atoms with van der Waals surface area (Å²) in [6.07, 6.45) is 4.79. The largest absolute Gasteiger partial charge is 0.467 e. The lowest BCUT2D eigenvalue weighted by molar-refractivity contribution is -0.149. The van der Waals surface area contributed by atoms with Gasteiger partial charge in [-0.25, -0.2) is 4.79 Å². The van der Waals surface area contributed by atoms with Gasteiger partial charge >= 0.3 is 5.97 Å². The summed E-state index contributed by atoms with van der Waals surface area (Å²) in [7, 11) is -2.71. The van der Waals surface area contributed by atoms with E-state index in [0.717, 1.165) is 44.3 Å². The van der Waals surface area contributed by atoms with Crippen molar-refractivity contribution in [2.24, 2.45) is 5.41 Å². The molecule has 1 saturated heterocycles. The highest BCUT2D eigenvalue weighted by Crippen LogP contribution is 2.59. The summed E-state index contributed by atoms with van der Waals surface area (Å²) in [5.41, 5.74) is 3.59. The summed E-state index contributed by atoms with van der Waals surface area (Å²) in [4.78, 5) is 15.6. The topological polar surface area (TPSA) is 34.5 Å². The average molecular weight is 341 g/mol. The van der Waals surface area contributed by atoms with E-state index in [4.69, 9.17) is 8.85 Å². The third kappa shape index (κ3) is 1.89. The third-order valence-corrected chi connectivity index (χ3v) is 7.02. The summed E-state index contributed by atoms with van der Waals surface area (Å²) in [5, 5.41) is 1.20. The smallest absolute Gasteiger partial charge is 0.328 e. The number of methoxy groups -OCH3 is 1. The summed E-state index contributed by atoms with van der Waals surface area (Å²) in [5.74, 6) is -0.627. The minimum absolute atomic E-state index is 0.00375. The van der Waals surface area contributed by atoms with Crippen LogP contribution in [0.15, 0.2) is 24.3 Å². The predicted octanol–water partition coefficient (Wildman–Crippen LogP) is 3.85. The van der Waals surface area contributed by atoms with Crippen molar-refractivity contribution in [1.82, 2.24) is 9.47 Å². The zero-order valence-corrected chi connectivity index (χ0v) is 14.6. The first-order valence-electron chi connectivity index (χ1n) is 10.9. The van der Waals surface area contributed by atoms with Gasteiger partial charge in [-0.3, -0.25) is 4.90 Å². The maximum Gasteiger partial charge on any atom is 0.328 e. The second kappa shape index (κ2) is 5.34. The lowest BCUT2D eigenvalue weighted by Crippen LogP contribution is -2.53. The highest BCUT2D eigenvalue weighted by molar-refractivity contribution is 5.89. The molecule has 0 N–H and O–H groups in total. The zero-order valence-electron chi connectivity index (χ0n) is 17.6.